The Bertz CT molecular complexity index is 1320. The maximum absolute atomic E-state index is 14.0. The van der Waals surface area contributed by atoms with Gasteiger partial charge in [-0.1, -0.05) is 36.4 Å². The van der Waals surface area contributed by atoms with Crippen LogP contribution in [0.25, 0.3) is 0 Å². The number of alkyl halides is 3. The van der Waals surface area contributed by atoms with E-state index in [9.17, 15) is 32.3 Å². The SMILES string of the molecule is CC1N(C(=O)[C@@H](COCc2ccccc2)NC(=O)C(C)(C)N)CCN2C(=O)N(CC(F)(F)F)C(=O)[C@@]12c1ccccn1. The molecule has 42 heavy (non-hydrogen) atoms. The Labute approximate surface area is 240 Å². The maximum atomic E-state index is 14.0. The maximum Gasteiger partial charge on any atom is 0.406 e. The lowest BCUT2D eigenvalue weighted by atomic mass is 9.82. The summed E-state index contributed by atoms with van der Waals surface area (Å²) in [6.07, 6.45) is -3.49. The minimum atomic E-state index is -4.84. The van der Waals surface area contributed by atoms with E-state index in [4.69, 9.17) is 10.5 Å². The molecule has 3 atom stereocenters. The molecule has 1 aromatic carbocycles. The second-order valence-electron chi connectivity index (χ2n) is 10.9. The second-order valence-corrected chi connectivity index (χ2v) is 10.9. The predicted octanol–water partition coefficient (Wildman–Crippen LogP) is 1.77. The average Bonchev–Trinajstić information content (AvgIpc) is 3.14. The number of ether oxygens (including phenoxy) is 1. The molecule has 5 amide bonds. The highest BCUT2D eigenvalue weighted by atomic mass is 19.4. The highest BCUT2D eigenvalue weighted by Gasteiger charge is 2.66. The first kappa shape index (κ1) is 30.9. The summed E-state index contributed by atoms with van der Waals surface area (Å²) in [6.45, 7) is 2.11. The fourth-order valence-electron chi connectivity index (χ4n) is 5.27. The van der Waals surface area contributed by atoms with Gasteiger partial charge < -0.3 is 25.6 Å². The molecule has 2 aliphatic heterocycles. The van der Waals surface area contributed by atoms with Gasteiger partial charge in [-0.15, -0.1) is 0 Å². The number of nitrogens with two attached hydrogens (primary N) is 1. The van der Waals surface area contributed by atoms with E-state index in [2.05, 4.69) is 10.3 Å². The van der Waals surface area contributed by atoms with Crippen LogP contribution >= 0.6 is 0 Å². The third-order valence-corrected chi connectivity index (χ3v) is 7.36. The predicted molar refractivity (Wildman–Crippen MR) is 143 cm³/mol. The van der Waals surface area contributed by atoms with Gasteiger partial charge in [0.1, 0.15) is 12.6 Å². The Hall–Kier alpha value is -4.04. The van der Waals surface area contributed by atoms with E-state index in [0.29, 0.717) is 0 Å². The van der Waals surface area contributed by atoms with Crippen molar-refractivity contribution in [2.75, 3.05) is 26.2 Å². The van der Waals surface area contributed by atoms with E-state index < -0.39 is 59.6 Å². The minimum absolute atomic E-state index is 0.0158. The molecule has 2 aliphatic rings. The highest BCUT2D eigenvalue weighted by Crippen LogP contribution is 2.44. The standard InChI is InChI=1S/C28H33F3N6O5/c1-18-28(21-11-7-8-12-33-21)24(40)36(17-27(29,30)31)25(41)37(28)14-13-35(18)22(38)20(34-23(39)26(2,3)32)16-42-15-19-9-5-4-6-10-19/h4-12,18,20H,13-17,32H2,1-3H3,(H,34,39)/t18?,20-,28+/m1/s1. The van der Waals surface area contributed by atoms with Crippen LogP contribution < -0.4 is 11.1 Å². The number of fused-ring (bicyclic) bond motifs is 1. The van der Waals surface area contributed by atoms with Gasteiger partial charge in [0.2, 0.25) is 11.8 Å². The van der Waals surface area contributed by atoms with Crippen molar-refractivity contribution in [3.05, 3.63) is 66.0 Å². The van der Waals surface area contributed by atoms with Gasteiger partial charge in [-0.05, 0) is 38.5 Å². The van der Waals surface area contributed by atoms with E-state index in [1.807, 2.05) is 30.3 Å². The number of pyridine rings is 1. The zero-order chi connectivity index (χ0) is 30.9. The van der Waals surface area contributed by atoms with Crippen LogP contribution in [0.15, 0.2) is 54.7 Å². The van der Waals surface area contributed by atoms with Gasteiger partial charge >= 0.3 is 12.2 Å². The lowest BCUT2D eigenvalue weighted by Gasteiger charge is -2.49. The number of benzene rings is 1. The fourth-order valence-corrected chi connectivity index (χ4v) is 5.27. The monoisotopic (exact) mass is 590 g/mol. The van der Waals surface area contributed by atoms with Crippen molar-refractivity contribution >= 4 is 23.8 Å². The molecule has 11 nitrogen and oxygen atoms in total. The molecule has 14 heteroatoms. The summed E-state index contributed by atoms with van der Waals surface area (Å²) < 4.78 is 46.0. The van der Waals surface area contributed by atoms with Gasteiger partial charge in [0.25, 0.3) is 5.91 Å². The number of aromatic nitrogens is 1. The number of rotatable bonds is 9. The van der Waals surface area contributed by atoms with Crippen LogP contribution in [0, 0.1) is 0 Å². The quantitative estimate of drug-likeness (QED) is 0.425. The summed E-state index contributed by atoms with van der Waals surface area (Å²) in [7, 11) is 0. The number of hydrogen-bond donors (Lipinski definition) is 2. The molecule has 0 radical (unpaired) electrons. The number of piperazine rings is 1. The zero-order valence-electron chi connectivity index (χ0n) is 23.4. The number of amides is 5. The lowest BCUT2D eigenvalue weighted by Crippen LogP contribution is -2.69. The third kappa shape index (κ3) is 5.95. The molecular weight excluding hydrogens is 557 g/mol. The Morgan fingerprint density at radius 2 is 1.79 bits per heavy atom. The molecular formula is C28H33F3N6O5. The van der Waals surface area contributed by atoms with Crippen LogP contribution in [-0.4, -0.2) is 93.5 Å². The Kier molecular flexibility index (Phi) is 8.60. The van der Waals surface area contributed by atoms with Gasteiger partial charge in [0.15, 0.2) is 5.54 Å². The van der Waals surface area contributed by atoms with Gasteiger partial charge in [-0.2, -0.15) is 13.2 Å². The molecule has 0 bridgehead atoms. The molecule has 0 aliphatic carbocycles. The molecule has 0 saturated carbocycles. The average molecular weight is 591 g/mol. The fraction of sp³-hybridized carbons (Fsp3) is 0.464. The Balaban J connectivity index is 1.68. The smallest absolute Gasteiger partial charge is 0.374 e. The molecule has 3 heterocycles. The summed E-state index contributed by atoms with van der Waals surface area (Å²) in [5.41, 5.74) is 3.42. The molecule has 2 saturated heterocycles. The third-order valence-electron chi connectivity index (χ3n) is 7.36. The van der Waals surface area contributed by atoms with E-state index in [-0.39, 0.29) is 36.9 Å². The molecule has 4 rings (SSSR count). The van der Waals surface area contributed by atoms with E-state index in [0.717, 1.165) is 10.5 Å². The van der Waals surface area contributed by atoms with Crippen molar-refractivity contribution in [3.8, 4) is 0 Å². The number of urea groups is 1. The van der Waals surface area contributed by atoms with Crippen LogP contribution in [0.4, 0.5) is 18.0 Å². The zero-order valence-corrected chi connectivity index (χ0v) is 23.4. The van der Waals surface area contributed by atoms with Gasteiger partial charge in [-0.25, -0.2) is 4.79 Å². The normalized spacial score (nSPS) is 21.8. The largest absolute Gasteiger partial charge is 0.406 e. The number of carbonyl (C=O) groups is 4. The first-order valence-corrected chi connectivity index (χ1v) is 13.3. The van der Waals surface area contributed by atoms with Crippen LogP contribution in [-0.2, 0) is 31.3 Å². The lowest BCUT2D eigenvalue weighted by molar-refractivity contribution is -0.160. The summed E-state index contributed by atoms with van der Waals surface area (Å²) in [5.74, 6) is -2.44. The first-order valence-electron chi connectivity index (χ1n) is 13.3. The molecule has 2 fully saturated rings. The van der Waals surface area contributed by atoms with Crippen LogP contribution in [0.1, 0.15) is 32.0 Å². The Morgan fingerprint density at radius 1 is 1.12 bits per heavy atom. The number of hydrogen-bond acceptors (Lipinski definition) is 7. The van der Waals surface area contributed by atoms with Crippen molar-refractivity contribution in [2.45, 2.75) is 56.7 Å². The van der Waals surface area contributed by atoms with Crippen LogP contribution in [0.5, 0.6) is 0 Å². The highest BCUT2D eigenvalue weighted by molar-refractivity contribution is 6.08. The molecule has 226 valence electrons. The molecule has 3 N–H and O–H groups in total. The minimum Gasteiger partial charge on any atom is -0.374 e. The van der Waals surface area contributed by atoms with Crippen molar-refractivity contribution in [1.29, 1.82) is 0 Å². The molecule has 1 unspecified atom stereocenters. The van der Waals surface area contributed by atoms with Crippen LogP contribution in [0.3, 0.4) is 0 Å². The Morgan fingerprint density at radius 3 is 2.38 bits per heavy atom. The van der Waals surface area contributed by atoms with E-state index in [1.165, 1.54) is 44.0 Å². The van der Waals surface area contributed by atoms with Gasteiger partial charge in [0.05, 0.1) is 30.5 Å². The number of nitrogens with zero attached hydrogens (tertiary/aromatic N) is 4. The number of carbonyl (C=O) groups excluding carboxylic acids is 4. The van der Waals surface area contributed by atoms with E-state index in [1.54, 1.807) is 6.07 Å². The van der Waals surface area contributed by atoms with Crippen molar-refractivity contribution in [2.24, 2.45) is 5.73 Å². The van der Waals surface area contributed by atoms with Crippen molar-refractivity contribution in [1.82, 2.24) is 25.0 Å². The molecule has 0 spiro atoms. The molecule has 2 aromatic rings. The van der Waals surface area contributed by atoms with Gasteiger partial charge in [0, 0.05) is 19.3 Å². The summed E-state index contributed by atoms with van der Waals surface area (Å²) in [4.78, 5) is 60.6. The first-order chi connectivity index (χ1) is 19.7. The van der Waals surface area contributed by atoms with Crippen molar-refractivity contribution in [3.63, 3.8) is 0 Å². The van der Waals surface area contributed by atoms with Crippen LogP contribution in [0.2, 0.25) is 0 Å². The summed E-state index contributed by atoms with van der Waals surface area (Å²) in [5, 5.41) is 2.61. The number of imide groups is 1. The topological polar surface area (TPSA) is 138 Å². The molecule has 1 aromatic heterocycles. The van der Waals surface area contributed by atoms with Gasteiger partial charge in [-0.3, -0.25) is 24.3 Å². The van der Waals surface area contributed by atoms with Crippen molar-refractivity contribution < 1.29 is 37.1 Å². The second kappa shape index (κ2) is 11.7. The summed E-state index contributed by atoms with van der Waals surface area (Å²) in [6, 6.07) is 10.1. The number of nitrogens with one attached hydrogen (secondary N) is 1. The summed E-state index contributed by atoms with van der Waals surface area (Å²) >= 11 is 0. The van der Waals surface area contributed by atoms with E-state index >= 15 is 0 Å². The number of halogens is 3.